The molecular weight excluding hydrogens is 447 g/mol. The Kier molecular flexibility index (Phi) is 7.55. The number of imidazole rings is 1. The molecule has 1 atom stereocenters. The van der Waals surface area contributed by atoms with Gasteiger partial charge in [0.15, 0.2) is 0 Å². The Balaban J connectivity index is 0.000000360. The van der Waals surface area contributed by atoms with Crippen LogP contribution in [0.2, 0.25) is 0 Å². The van der Waals surface area contributed by atoms with Crippen LogP contribution in [0.25, 0.3) is 0 Å². The van der Waals surface area contributed by atoms with Crippen molar-refractivity contribution in [2.45, 2.75) is 56.9 Å². The second-order valence-electron chi connectivity index (χ2n) is 8.10. The van der Waals surface area contributed by atoms with Crippen molar-refractivity contribution < 1.29 is 27.9 Å². The third-order valence-corrected chi connectivity index (χ3v) is 6.79. The number of carbonyl (C=O) groups excluding carboxylic acids is 1. The summed E-state index contributed by atoms with van der Waals surface area (Å²) in [6, 6.07) is 0. The molecule has 4 heterocycles. The Hall–Kier alpha value is -2.47. The lowest BCUT2D eigenvalue weighted by molar-refractivity contribution is -0.192. The number of carboxylic acids is 1. The van der Waals surface area contributed by atoms with Gasteiger partial charge in [0.2, 0.25) is 5.91 Å². The van der Waals surface area contributed by atoms with E-state index in [1.54, 1.807) is 11.3 Å². The van der Waals surface area contributed by atoms with Crippen LogP contribution >= 0.6 is 11.3 Å². The first-order valence-electron chi connectivity index (χ1n) is 10.3. The van der Waals surface area contributed by atoms with Gasteiger partial charge < -0.3 is 14.6 Å². The molecule has 0 aromatic carbocycles. The standard InChI is InChI=1S/C18H25N5OS.C2HF3O2/c1-21-13-19-9-15(21)11-22-7-2-4-18(6-8-22)5-3-17(24)23(18)12-16-10-20-14-25-16;3-2(4,5)1(6)7/h9-10,13-14H,2-8,11-12H2,1H3;(H,6,7). The molecule has 2 fully saturated rings. The number of halogens is 3. The van der Waals surface area contributed by atoms with Crippen molar-refractivity contribution in [3.8, 4) is 0 Å². The van der Waals surface area contributed by atoms with E-state index in [-0.39, 0.29) is 5.54 Å². The van der Waals surface area contributed by atoms with E-state index in [0.29, 0.717) is 12.3 Å². The molecular formula is C20H26F3N5O3S. The number of aryl methyl sites for hydroxylation is 1. The maximum Gasteiger partial charge on any atom is 0.490 e. The zero-order valence-corrected chi connectivity index (χ0v) is 18.5. The van der Waals surface area contributed by atoms with Crippen LogP contribution in [0.15, 0.2) is 24.2 Å². The number of nitrogens with zero attached hydrogens (tertiary/aromatic N) is 5. The fourth-order valence-corrected chi connectivity index (χ4v) is 4.87. The van der Waals surface area contributed by atoms with Crippen LogP contribution < -0.4 is 0 Å². The number of carbonyl (C=O) groups is 2. The summed E-state index contributed by atoms with van der Waals surface area (Å²) < 4.78 is 33.8. The van der Waals surface area contributed by atoms with Gasteiger partial charge >= 0.3 is 12.1 Å². The number of thiazole rings is 1. The van der Waals surface area contributed by atoms with Gasteiger partial charge in [0.05, 0.1) is 24.1 Å². The fourth-order valence-electron chi connectivity index (χ4n) is 4.28. The van der Waals surface area contributed by atoms with Gasteiger partial charge in [-0.3, -0.25) is 14.7 Å². The fraction of sp³-hybridized carbons (Fsp3) is 0.600. The first-order valence-corrected chi connectivity index (χ1v) is 11.1. The number of rotatable bonds is 4. The third-order valence-electron chi connectivity index (χ3n) is 6.03. The SMILES string of the molecule is Cn1cncc1CN1CCCC2(CCC(=O)N2Cc2cncs2)CC1.O=C(O)C(F)(F)F. The Morgan fingerprint density at radius 2 is 1.94 bits per heavy atom. The number of hydrogen-bond donors (Lipinski definition) is 1. The van der Waals surface area contributed by atoms with E-state index in [1.165, 1.54) is 10.6 Å². The van der Waals surface area contributed by atoms with Crippen molar-refractivity contribution in [3.05, 3.63) is 34.8 Å². The van der Waals surface area contributed by atoms with Crippen molar-refractivity contribution in [1.82, 2.24) is 24.3 Å². The van der Waals surface area contributed by atoms with Gasteiger partial charge in [0.1, 0.15) is 0 Å². The highest BCUT2D eigenvalue weighted by molar-refractivity contribution is 7.09. The van der Waals surface area contributed by atoms with E-state index in [1.807, 2.05) is 31.3 Å². The number of amides is 1. The summed E-state index contributed by atoms with van der Waals surface area (Å²) in [4.78, 5) is 35.7. The number of likely N-dealkylation sites (tertiary alicyclic amines) is 2. The van der Waals surface area contributed by atoms with Crippen LogP contribution in [-0.4, -0.2) is 66.1 Å². The molecule has 12 heteroatoms. The second-order valence-corrected chi connectivity index (χ2v) is 9.07. The molecule has 1 amide bonds. The molecule has 0 radical (unpaired) electrons. The van der Waals surface area contributed by atoms with Crippen LogP contribution in [0.5, 0.6) is 0 Å². The highest BCUT2D eigenvalue weighted by atomic mass is 32.1. The zero-order valence-electron chi connectivity index (χ0n) is 17.7. The molecule has 1 N–H and O–H groups in total. The number of hydrogen-bond acceptors (Lipinski definition) is 6. The van der Waals surface area contributed by atoms with Crippen LogP contribution in [0, 0.1) is 0 Å². The number of aliphatic carboxylic acids is 1. The predicted molar refractivity (Wildman–Crippen MR) is 111 cm³/mol. The molecule has 1 spiro atoms. The lowest BCUT2D eigenvalue weighted by atomic mass is 9.87. The predicted octanol–water partition coefficient (Wildman–Crippen LogP) is 3.06. The molecule has 4 rings (SSSR count). The van der Waals surface area contributed by atoms with Gasteiger partial charge in [-0.25, -0.2) is 9.78 Å². The van der Waals surface area contributed by atoms with E-state index < -0.39 is 12.1 Å². The Bertz CT molecular complexity index is 918. The summed E-state index contributed by atoms with van der Waals surface area (Å²) in [6.45, 7) is 3.80. The quantitative estimate of drug-likeness (QED) is 0.734. The molecule has 176 valence electrons. The van der Waals surface area contributed by atoms with Crippen LogP contribution in [-0.2, 0) is 29.7 Å². The average Bonchev–Trinajstić information content (AvgIpc) is 3.41. The van der Waals surface area contributed by atoms with Crippen LogP contribution in [0.1, 0.15) is 42.7 Å². The van der Waals surface area contributed by atoms with E-state index in [0.717, 1.165) is 51.9 Å². The molecule has 2 aliphatic rings. The first-order chi connectivity index (χ1) is 15.1. The smallest absolute Gasteiger partial charge is 0.475 e. The lowest BCUT2D eigenvalue weighted by Crippen LogP contribution is -2.45. The van der Waals surface area contributed by atoms with Gasteiger partial charge in [0, 0.05) is 49.4 Å². The molecule has 8 nitrogen and oxygen atoms in total. The van der Waals surface area contributed by atoms with Crippen molar-refractivity contribution >= 4 is 23.2 Å². The highest BCUT2D eigenvalue weighted by Gasteiger charge is 2.45. The van der Waals surface area contributed by atoms with Crippen LogP contribution in [0.3, 0.4) is 0 Å². The summed E-state index contributed by atoms with van der Waals surface area (Å²) >= 11 is 1.64. The van der Waals surface area contributed by atoms with E-state index in [2.05, 4.69) is 24.3 Å². The average molecular weight is 474 g/mol. The topological polar surface area (TPSA) is 91.6 Å². The summed E-state index contributed by atoms with van der Waals surface area (Å²) in [7, 11) is 2.05. The molecule has 2 aliphatic heterocycles. The molecule has 1 unspecified atom stereocenters. The molecule has 2 saturated heterocycles. The van der Waals surface area contributed by atoms with E-state index >= 15 is 0 Å². The summed E-state index contributed by atoms with van der Waals surface area (Å²) in [5.74, 6) is -2.44. The molecule has 0 saturated carbocycles. The Morgan fingerprint density at radius 3 is 2.53 bits per heavy atom. The van der Waals surface area contributed by atoms with Gasteiger partial charge in [-0.2, -0.15) is 13.2 Å². The van der Waals surface area contributed by atoms with Crippen molar-refractivity contribution in [3.63, 3.8) is 0 Å². The number of carboxylic acid groups (broad SMARTS) is 1. The largest absolute Gasteiger partial charge is 0.490 e. The summed E-state index contributed by atoms with van der Waals surface area (Å²) in [5, 5.41) is 7.12. The number of alkyl halides is 3. The van der Waals surface area contributed by atoms with Gasteiger partial charge in [-0.05, 0) is 32.2 Å². The normalized spacial score (nSPS) is 22.0. The van der Waals surface area contributed by atoms with Gasteiger partial charge in [0.25, 0.3) is 0 Å². The van der Waals surface area contributed by atoms with E-state index in [9.17, 15) is 18.0 Å². The minimum Gasteiger partial charge on any atom is -0.475 e. The second kappa shape index (κ2) is 9.99. The summed E-state index contributed by atoms with van der Waals surface area (Å²) in [6.07, 6.45) is 5.65. The maximum absolute atomic E-state index is 12.6. The molecule has 32 heavy (non-hydrogen) atoms. The molecule has 0 bridgehead atoms. The van der Waals surface area contributed by atoms with E-state index in [4.69, 9.17) is 9.90 Å². The third kappa shape index (κ3) is 5.85. The zero-order chi connectivity index (χ0) is 23.4. The van der Waals surface area contributed by atoms with Crippen molar-refractivity contribution in [2.24, 2.45) is 7.05 Å². The summed E-state index contributed by atoms with van der Waals surface area (Å²) in [5.41, 5.74) is 3.15. The van der Waals surface area contributed by atoms with Gasteiger partial charge in [-0.15, -0.1) is 11.3 Å². The van der Waals surface area contributed by atoms with Gasteiger partial charge in [-0.1, -0.05) is 0 Å². The Morgan fingerprint density at radius 1 is 1.19 bits per heavy atom. The van der Waals surface area contributed by atoms with Crippen LogP contribution in [0.4, 0.5) is 13.2 Å². The highest BCUT2D eigenvalue weighted by Crippen LogP contribution is 2.40. The molecule has 2 aromatic heterocycles. The molecule has 2 aromatic rings. The molecule has 0 aliphatic carbocycles. The van der Waals surface area contributed by atoms with Crippen molar-refractivity contribution in [2.75, 3.05) is 13.1 Å². The minimum absolute atomic E-state index is 0.0439. The number of aromatic nitrogens is 3. The monoisotopic (exact) mass is 473 g/mol. The minimum atomic E-state index is -5.08. The first kappa shape index (κ1) is 24.2. The Labute approximate surface area is 187 Å². The van der Waals surface area contributed by atoms with Crippen molar-refractivity contribution in [1.29, 1.82) is 0 Å². The maximum atomic E-state index is 12.6. The lowest BCUT2D eigenvalue weighted by Gasteiger charge is -2.38.